The summed E-state index contributed by atoms with van der Waals surface area (Å²) < 4.78 is 0. The first-order valence-electron chi connectivity index (χ1n) is 7.87. The van der Waals surface area contributed by atoms with Crippen LogP contribution in [0.25, 0.3) is 0 Å². The van der Waals surface area contributed by atoms with Gasteiger partial charge in [-0.05, 0) is 12.5 Å². The molecule has 0 aliphatic heterocycles. The topological polar surface area (TPSA) is 70.8 Å². The van der Waals surface area contributed by atoms with Crippen molar-refractivity contribution in [3.8, 4) is 0 Å². The normalized spacial score (nSPS) is 11.2. The van der Waals surface area contributed by atoms with E-state index in [9.17, 15) is 10.1 Å². The first-order chi connectivity index (χ1) is 11.6. The van der Waals surface area contributed by atoms with Crippen LogP contribution < -0.4 is 5.32 Å². The van der Waals surface area contributed by atoms with Gasteiger partial charge in [0.05, 0.1) is 17.0 Å². The third-order valence-electron chi connectivity index (χ3n) is 3.55. The third kappa shape index (κ3) is 4.81. The molecule has 2 aromatic carbocycles. The van der Waals surface area contributed by atoms with Crippen molar-refractivity contribution in [1.82, 2.24) is 10.2 Å². The molecule has 6 heteroatoms. The number of nitrogens with zero attached hydrogens (tertiary/aromatic N) is 3. The average molecular weight is 326 g/mol. The Morgan fingerprint density at radius 3 is 2.50 bits per heavy atom. The Balaban J connectivity index is 2.15. The van der Waals surface area contributed by atoms with E-state index >= 15 is 0 Å². The lowest BCUT2D eigenvalue weighted by molar-refractivity contribution is -0.385. The highest BCUT2D eigenvalue weighted by Gasteiger charge is 2.13. The molecule has 24 heavy (non-hydrogen) atoms. The summed E-state index contributed by atoms with van der Waals surface area (Å²) >= 11 is 0. The second-order valence-corrected chi connectivity index (χ2v) is 5.40. The second-order valence-electron chi connectivity index (χ2n) is 5.40. The van der Waals surface area contributed by atoms with Gasteiger partial charge >= 0.3 is 0 Å². The molecular formula is C18H22N4O2. The predicted octanol–water partition coefficient (Wildman–Crippen LogP) is 3.19. The Bertz CT molecular complexity index is 701. The molecule has 0 aliphatic rings. The SMILES string of the molecule is CCNC(=NCc1ccccc1[N+](=O)[O-])N(C)Cc1ccccc1. The fourth-order valence-electron chi connectivity index (χ4n) is 2.38. The van der Waals surface area contributed by atoms with Crippen LogP contribution in [-0.4, -0.2) is 29.4 Å². The summed E-state index contributed by atoms with van der Waals surface area (Å²) in [4.78, 5) is 17.3. The van der Waals surface area contributed by atoms with Gasteiger partial charge in [-0.15, -0.1) is 0 Å². The Morgan fingerprint density at radius 1 is 1.17 bits per heavy atom. The van der Waals surface area contributed by atoms with Crippen LogP contribution in [0, 0.1) is 10.1 Å². The van der Waals surface area contributed by atoms with Crippen molar-refractivity contribution in [2.45, 2.75) is 20.0 Å². The highest BCUT2D eigenvalue weighted by molar-refractivity contribution is 5.79. The maximum Gasteiger partial charge on any atom is 0.274 e. The van der Waals surface area contributed by atoms with E-state index in [-0.39, 0.29) is 17.2 Å². The van der Waals surface area contributed by atoms with Gasteiger partial charge in [0, 0.05) is 26.2 Å². The fourth-order valence-corrected chi connectivity index (χ4v) is 2.38. The number of guanidine groups is 1. The lowest BCUT2D eigenvalue weighted by Gasteiger charge is -2.22. The molecular weight excluding hydrogens is 304 g/mol. The fraction of sp³-hybridized carbons (Fsp3) is 0.278. The monoisotopic (exact) mass is 326 g/mol. The van der Waals surface area contributed by atoms with Gasteiger partial charge in [-0.2, -0.15) is 0 Å². The van der Waals surface area contributed by atoms with E-state index in [1.807, 2.05) is 37.1 Å². The van der Waals surface area contributed by atoms with Gasteiger partial charge in [-0.25, -0.2) is 4.99 Å². The van der Waals surface area contributed by atoms with Crippen molar-refractivity contribution in [1.29, 1.82) is 0 Å². The minimum Gasteiger partial charge on any atom is -0.357 e. The van der Waals surface area contributed by atoms with Crippen LogP contribution in [-0.2, 0) is 13.1 Å². The molecule has 0 atom stereocenters. The molecule has 1 N–H and O–H groups in total. The standard InChI is InChI=1S/C18H22N4O2/c1-3-19-18(21(2)14-15-9-5-4-6-10-15)20-13-16-11-7-8-12-17(16)22(23)24/h4-12H,3,13-14H2,1-2H3,(H,19,20). The lowest BCUT2D eigenvalue weighted by atomic mass is 10.2. The Labute approximate surface area is 142 Å². The number of para-hydroxylation sites is 1. The van der Waals surface area contributed by atoms with Crippen molar-refractivity contribution < 1.29 is 4.92 Å². The average Bonchev–Trinajstić information content (AvgIpc) is 2.59. The summed E-state index contributed by atoms with van der Waals surface area (Å²) in [5.74, 6) is 0.722. The van der Waals surface area contributed by atoms with E-state index in [1.54, 1.807) is 18.2 Å². The molecule has 6 nitrogen and oxygen atoms in total. The van der Waals surface area contributed by atoms with Gasteiger partial charge in [0.15, 0.2) is 5.96 Å². The number of nitro groups is 1. The van der Waals surface area contributed by atoms with E-state index < -0.39 is 0 Å². The van der Waals surface area contributed by atoms with E-state index in [1.165, 1.54) is 11.6 Å². The molecule has 2 aromatic rings. The number of hydrogen-bond donors (Lipinski definition) is 1. The van der Waals surface area contributed by atoms with Crippen LogP contribution in [0.5, 0.6) is 0 Å². The molecule has 126 valence electrons. The van der Waals surface area contributed by atoms with Gasteiger partial charge in [-0.1, -0.05) is 48.5 Å². The summed E-state index contributed by atoms with van der Waals surface area (Å²) in [5, 5.41) is 14.3. The van der Waals surface area contributed by atoms with Crippen molar-refractivity contribution in [2.24, 2.45) is 4.99 Å². The molecule has 0 saturated heterocycles. The van der Waals surface area contributed by atoms with E-state index in [2.05, 4.69) is 22.4 Å². The molecule has 0 spiro atoms. The second kappa shape index (κ2) is 8.67. The van der Waals surface area contributed by atoms with Crippen LogP contribution >= 0.6 is 0 Å². The minimum absolute atomic E-state index is 0.0998. The van der Waals surface area contributed by atoms with Crippen LogP contribution in [0.1, 0.15) is 18.1 Å². The zero-order chi connectivity index (χ0) is 17.4. The van der Waals surface area contributed by atoms with Gasteiger partial charge in [0.2, 0.25) is 0 Å². The van der Waals surface area contributed by atoms with Crippen LogP contribution in [0.4, 0.5) is 5.69 Å². The van der Waals surface area contributed by atoms with Crippen molar-refractivity contribution in [3.63, 3.8) is 0 Å². The molecule has 0 aliphatic carbocycles. The zero-order valence-corrected chi connectivity index (χ0v) is 14.0. The maximum atomic E-state index is 11.1. The molecule has 0 saturated carbocycles. The Hall–Kier alpha value is -2.89. The molecule has 0 unspecified atom stereocenters. The summed E-state index contributed by atoms with van der Waals surface area (Å²) in [6.45, 7) is 3.70. The van der Waals surface area contributed by atoms with E-state index in [0.29, 0.717) is 12.1 Å². The number of hydrogen-bond acceptors (Lipinski definition) is 3. The lowest BCUT2D eigenvalue weighted by Crippen LogP contribution is -2.38. The highest BCUT2D eigenvalue weighted by Crippen LogP contribution is 2.18. The first kappa shape index (κ1) is 17.5. The quantitative estimate of drug-likeness (QED) is 0.383. The summed E-state index contributed by atoms with van der Waals surface area (Å²) in [5.41, 5.74) is 1.88. The van der Waals surface area contributed by atoms with E-state index in [0.717, 1.165) is 12.5 Å². The van der Waals surface area contributed by atoms with Gasteiger partial charge < -0.3 is 10.2 Å². The van der Waals surface area contributed by atoms with Crippen LogP contribution in [0.15, 0.2) is 59.6 Å². The smallest absolute Gasteiger partial charge is 0.274 e. The number of benzene rings is 2. The van der Waals surface area contributed by atoms with Crippen molar-refractivity contribution in [2.75, 3.05) is 13.6 Å². The van der Waals surface area contributed by atoms with Gasteiger partial charge in [0.1, 0.15) is 0 Å². The van der Waals surface area contributed by atoms with Crippen molar-refractivity contribution >= 4 is 11.6 Å². The summed E-state index contributed by atoms with van der Waals surface area (Å²) in [6.07, 6.45) is 0. The molecule has 2 rings (SSSR count). The Morgan fingerprint density at radius 2 is 1.83 bits per heavy atom. The molecule has 0 amide bonds. The minimum atomic E-state index is -0.370. The maximum absolute atomic E-state index is 11.1. The summed E-state index contributed by atoms with van der Waals surface area (Å²) in [7, 11) is 1.95. The van der Waals surface area contributed by atoms with Gasteiger partial charge in [0.25, 0.3) is 5.69 Å². The van der Waals surface area contributed by atoms with Crippen molar-refractivity contribution in [3.05, 3.63) is 75.8 Å². The number of aliphatic imine (C=N–C) groups is 1. The summed E-state index contributed by atoms with van der Waals surface area (Å²) in [6, 6.07) is 16.8. The first-order valence-corrected chi connectivity index (χ1v) is 7.87. The van der Waals surface area contributed by atoms with Crippen LogP contribution in [0.3, 0.4) is 0 Å². The highest BCUT2D eigenvalue weighted by atomic mass is 16.6. The Kier molecular flexibility index (Phi) is 6.31. The van der Waals surface area contributed by atoms with E-state index in [4.69, 9.17) is 0 Å². The molecule has 0 aromatic heterocycles. The third-order valence-corrected chi connectivity index (χ3v) is 3.55. The molecule has 0 fully saturated rings. The van der Waals surface area contributed by atoms with Crippen LogP contribution in [0.2, 0.25) is 0 Å². The number of nitrogens with one attached hydrogen (secondary N) is 1. The zero-order valence-electron chi connectivity index (χ0n) is 14.0. The number of nitro benzene ring substituents is 1. The predicted molar refractivity (Wildman–Crippen MR) is 95.8 cm³/mol. The largest absolute Gasteiger partial charge is 0.357 e. The number of rotatable bonds is 6. The molecule has 0 bridgehead atoms. The molecule has 0 heterocycles. The van der Waals surface area contributed by atoms with Gasteiger partial charge in [-0.3, -0.25) is 10.1 Å². The molecule has 0 radical (unpaired) electrons.